The summed E-state index contributed by atoms with van der Waals surface area (Å²) in [5.74, 6) is -1.01. The van der Waals surface area contributed by atoms with E-state index in [9.17, 15) is 14.7 Å². The van der Waals surface area contributed by atoms with E-state index in [0.29, 0.717) is 22.5 Å². The first-order chi connectivity index (χ1) is 15.1. The largest absolute Gasteiger partial charge is 0.478 e. The Morgan fingerprint density at radius 2 is 1.45 bits per heavy atom. The highest BCUT2D eigenvalue weighted by Gasteiger charge is 2.22. The van der Waals surface area contributed by atoms with Gasteiger partial charge in [0.25, 0.3) is 5.56 Å². The summed E-state index contributed by atoms with van der Waals surface area (Å²) in [6.07, 6.45) is 0. The number of H-pyrrole nitrogens is 1. The lowest BCUT2D eigenvalue weighted by Crippen LogP contribution is -2.09. The summed E-state index contributed by atoms with van der Waals surface area (Å²) >= 11 is 0. The normalized spacial score (nSPS) is 11.0. The molecule has 0 aliphatic rings. The summed E-state index contributed by atoms with van der Waals surface area (Å²) in [5.41, 5.74) is 3.70. The average Bonchev–Trinajstić information content (AvgIpc) is 3.22. The highest BCUT2D eigenvalue weighted by Crippen LogP contribution is 2.35. The zero-order valence-electron chi connectivity index (χ0n) is 16.2. The summed E-state index contributed by atoms with van der Waals surface area (Å²) in [5, 5.41) is 21.3. The van der Waals surface area contributed by atoms with Crippen LogP contribution in [-0.2, 0) is 0 Å². The number of carboxylic acid groups (broad SMARTS) is 1. The summed E-state index contributed by atoms with van der Waals surface area (Å²) in [7, 11) is 0. The number of aromatic amines is 1. The first kappa shape index (κ1) is 18.5. The molecule has 31 heavy (non-hydrogen) atoms. The number of hydrogen-bond donors (Lipinski definition) is 2. The predicted octanol–water partition coefficient (Wildman–Crippen LogP) is 4.14. The number of nitrogens with zero attached hydrogens (tertiary/aromatic N) is 3. The zero-order valence-corrected chi connectivity index (χ0v) is 16.2. The van der Waals surface area contributed by atoms with E-state index >= 15 is 0 Å². The SMILES string of the molecule is O=C(O)c1ccc(-n2nc3c(=O)[nH]nc(-c4ccccc4)c3c2-c2ccccc2)cc1. The lowest BCUT2D eigenvalue weighted by atomic mass is 10.0. The Morgan fingerprint density at radius 3 is 2.06 bits per heavy atom. The van der Waals surface area contributed by atoms with Gasteiger partial charge < -0.3 is 5.11 Å². The third kappa shape index (κ3) is 3.18. The maximum atomic E-state index is 12.7. The third-order valence-corrected chi connectivity index (χ3v) is 5.06. The van der Waals surface area contributed by atoms with Crippen molar-refractivity contribution in [2.75, 3.05) is 0 Å². The highest BCUT2D eigenvalue weighted by atomic mass is 16.4. The summed E-state index contributed by atoms with van der Waals surface area (Å²) in [4.78, 5) is 23.9. The predicted molar refractivity (Wildman–Crippen MR) is 117 cm³/mol. The van der Waals surface area contributed by atoms with E-state index in [1.54, 1.807) is 16.8 Å². The van der Waals surface area contributed by atoms with Gasteiger partial charge in [-0.05, 0) is 24.3 Å². The number of nitrogens with one attached hydrogen (secondary N) is 1. The molecule has 5 rings (SSSR count). The van der Waals surface area contributed by atoms with E-state index < -0.39 is 11.5 Å². The van der Waals surface area contributed by atoms with E-state index in [1.807, 2.05) is 60.7 Å². The van der Waals surface area contributed by atoms with Crippen molar-refractivity contribution >= 4 is 16.9 Å². The number of fused-ring (bicyclic) bond motifs is 1. The van der Waals surface area contributed by atoms with Crippen LogP contribution in [0.15, 0.2) is 89.7 Å². The second-order valence-corrected chi connectivity index (χ2v) is 6.97. The molecule has 0 spiro atoms. The lowest BCUT2D eigenvalue weighted by Gasteiger charge is -2.10. The van der Waals surface area contributed by atoms with Gasteiger partial charge in [0, 0.05) is 11.1 Å². The number of carboxylic acids is 1. The number of rotatable bonds is 4. The molecular formula is C24H16N4O3. The molecule has 3 aromatic carbocycles. The molecule has 0 unspecified atom stereocenters. The lowest BCUT2D eigenvalue weighted by molar-refractivity contribution is 0.0697. The molecule has 0 bridgehead atoms. The first-order valence-corrected chi connectivity index (χ1v) is 9.59. The molecule has 0 saturated carbocycles. The number of aromatic carboxylic acids is 1. The van der Waals surface area contributed by atoms with Crippen LogP contribution < -0.4 is 5.56 Å². The average molecular weight is 408 g/mol. The van der Waals surface area contributed by atoms with E-state index in [0.717, 1.165) is 11.1 Å². The van der Waals surface area contributed by atoms with Crippen molar-refractivity contribution in [3.05, 3.63) is 101 Å². The van der Waals surface area contributed by atoms with Gasteiger partial charge in [-0.1, -0.05) is 60.7 Å². The van der Waals surface area contributed by atoms with Gasteiger partial charge in [-0.25, -0.2) is 14.6 Å². The summed E-state index contributed by atoms with van der Waals surface area (Å²) in [6.45, 7) is 0. The monoisotopic (exact) mass is 408 g/mol. The smallest absolute Gasteiger partial charge is 0.335 e. The number of carbonyl (C=O) groups is 1. The number of aromatic nitrogens is 4. The maximum absolute atomic E-state index is 12.7. The Balaban J connectivity index is 1.87. The van der Waals surface area contributed by atoms with Gasteiger partial charge in [-0.2, -0.15) is 10.2 Å². The van der Waals surface area contributed by atoms with Crippen molar-refractivity contribution in [1.29, 1.82) is 0 Å². The van der Waals surface area contributed by atoms with Crippen LogP contribution in [0, 0.1) is 0 Å². The maximum Gasteiger partial charge on any atom is 0.335 e. The Morgan fingerprint density at radius 1 is 0.839 bits per heavy atom. The second kappa shape index (κ2) is 7.38. The van der Waals surface area contributed by atoms with E-state index in [4.69, 9.17) is 0 Å². The molecule has 0 radical (unpaired) electrons. The highest BCUT2D eigenvalue weighted by molar-refractivity contribution is 6.02. The van der Waals surface area contributed by atoms with Crippen LogP contribution in [0.3, 0.4) is 0 Å². The molecule has 2 heterocycles. The molecule has 0 aliphatic heterocycles. The molecule has 0 aliphatic carbocycles. The zero-order chi connectivity index (χ0) is 21.4. The number of benzene rings is 3. The van der Waals surface area contributed by atoms with Gasteiger partial charge >= 0.3 is 5.97 Å². The van der Waals surface area contributed by atoms with Crippen LogP contribution in [0.25, 0.3) is 39.1 Å². The summed E-state index contributed by atoms with van der Waals surface area (Å²) in [6, 6.07) is 25.6. The van der Waals surface area contributed by atoms with Crippen molar-refractivity contribution < 1.29 is 9.90 Å². The molecule has 7 heteroatoms. The van der Waals surface area contributed by atoms with Gasteiger partial charge in [0.1, 0.15) is 5.69 Å². The van der Waals surface area contributed by atoms with Gasteiger partial charge in [0.2, 0.25) is 0 Å². The van der Waals surface area contributed by atoms with Gasteiger partial charge in [-0.3, -0.25) is 4.79 Å². The molecule has 7 nitrogen and oxygen atoms in total. The van der Waals surface area contributed by atoms with E-state index in [-0.39, 0.29) is 11.1 Å². The standard InChI is InChI=1S/C24H16N4O3/c29-23-21-19(20(25-26-23)15-7-3-1-4-8-15)22(16-9-5-2-6-10-16)28(27-21)18-13-11-17(12-14-18)24(30)31/h1-14H,(H,26,29)(H,30,31). The van der Waals surface area contributed by atoms with Gasteiger partial charge in [0.05, 0.1) is 22.3 Å². The van der Waals surface area contributed by atoms with Crippen molar-refractivity contribution in [2.45, 2.75) is 0 Å². The van der Waals surface area contributed by atoms with Crippen LogP contribution in [0.1, 0.15) is 10.4 Å². The first-order valence-electron chi connectivity index (χ1n) is 9.59. The van der Waals surface area contributed by atoms with Crippen LogP contribution in [0.4, 0.5) is 0 Å². The third-order valence-electron chi connectivity index (χ3n) is 5.06. The second-order valence-electron chi connectivity index (χ2n) is 6.97. The van der Waals surface area contributed by atoms with E-state index in [1.165, 1.54) is 12.1 Å². The van der Waals surface area contributed by atoms with Crippen molar-refractivity contribution in [3.8, 4) is 28.2 Å². The van der Waals surface area contributed by atoms with Crippen LogP contribution in [0.5, 0.6) is 0 Å². The van der Waals surface area contributed by atoms with Gasteiger partial charge in [0.15, 0.2) is 5.52 Å². The van der Waals surface area contributed by atoms with Crippen molar-refractivity contribution in [3.63, 3.8) is 0 Å². The molecular weight excluding hydrogens is 392 g/mol. The summed E-state index contributed by atoms with van der Waals surface area (Å²) < 4.78 is 1.66. The Bertz CT molecular complexity index is 1450. The molecule has 0 atom stereocenters. The van der Waals surface area contributed by atoms with Crippen molar-refractivity contribution in [2.24, 2.45) is 0 Å². The molecule has 2 N–H and O–H groups in total. The van der Waals surface area contributed by atoms with Crippen molar-refractivity contribution in [1.82, 2.24) is 20.0 Å². The minimum Gasteiger partial charge on any atom is -0.478 e. The molecule has 0 saturated heterocycles. The Kier molecular flexibility index (Phi) is 4.41. The number of hydrogen-bond acceptors (Lipinski definition) is 4. The topological polar surface area (TPSA) is 101 Å². The molecule has 2 aromatic heterocycles. The van der Waals surface area contributed by atoms with Gasteiger partial charge in [-0.15, -0.1) is 0 Å². The van der Waals surface area contributed by atoms with E-state index in [2.05, 4.69) is 15.3 Å². The Hall–Kier alpha value is -4.52. The molecule has 150 valence electrons. The molecule has 0 amide bonds. The molecule has 5 aromatic rings. The van der Waals surface area contributed by atoms with Crippen LogP contribution in [0.2, 0.25) is 0 Å². The van der Waals surface area contributed by atoms with Crippen LogP contribution in [-0.4, -0.2) is 31.1 Å². The fraction of sp³-hybridized carbons (Fsp3) is 0. The minimum absolute atomic E-state index is 0.172. The molecule has 0 fully saturated rings. The fourth-order valence-electron chi connectivity index (χ4n) is 3.62. The quantitative estimate of drug-likeness (QED) is 0.465. The fourth-order valence-corrected chi connectivity index (χ4v) is 3.62. The minimum atomic E-state index is -1.01. The Labute approximate surface area is 176 Å². The van der Waals surface area contributed by atoms with Crippen LogP contribution >= 0.6 is 0 Å².